The number of hydrogen-bond acceptors (Lipinski definition) is 8. The highest BCUT2D eigenvalue weighted by molar-refractivity contribution is 7.14. The normalized spacial score (nSPS) is 10.8. The third-order valence-electron chi connectivity index (χ3n) is 4.31. The Morgan fingerprint density at radius 1 is 1.06 bits per heavy atom. The summed E-state index contributed by atoms with van der Waals surface area (Å²) in [5, 5.41) is 17.7. The number of nitrogens with zero attached hydrogens (tertiary/aromatic N) is 3. The maximum Gasteiger partial charge on any atom is 0.343 e. The molecule has 0 fully saturated rings. The van der Waals surface area contributed by atoms with Crippen molar-refractivity contribution in [3.8, 4) is 17.0 Å². The molecule has 1 N–H and O–H groups in total. The number of nitro groups is 1. The van der Waals surface area contributed by atoms with E-state index in [2.05, 4.69) is 15.5 Å². The van der Waals surface area contributed by atoms with Gasteiger partial charge in [-0.25, -0.2) is 9.78 Å². The predicted molar refractivity (Wildman–Crippen MR) is 123 cm³/mol. The van der Waals surface area contributed by atoms with E-state index in [4.69, 9.17) is 4.74 Å². The molecule has 0 aliphatic heterocycles. The molecule has 0 unspecified atom stereocenters. The van der Waals surface area contributed by atoms with Crippen LogP contribution in [-0.2, 0) is 0 Å². The number of benzene rings is 3. The highest BCUT2D eigenvalue weighted by Gasteiger charge is 2.13. The number of esters is 1. The number of non-ortho nitro benzene ring substituents is 1. The summed E-state index contributed by atoms with van der Waals surface area (Å²) < 4.78 is 5.34. The van der Waals surface area contributed by atoms with Crippen molar-refractivity contribution in [3.05, 3.63) is 105 Å². The van der Waals surface area contributed by atoms with Crippen molar-refractivity contribution in [2.45, 2.75) is 0 Å². The minimum Gasteiger partial charge on any atom is -0.423 e. The second-order valence-electron chi connectivity index (χ2n) is 6.54. The maximum atomic E-state index is 12.3. The highest BCUT2D eigenvalue weighted by atomic mass is 32.1. The van der Waals surface area contributed by atoms with Gasteiger partial charge in [0.1, 0.15) is 5.75 Å². The Kier molecular flexibility index (Phi) is 6.28. The Hall–Kier alpha value is -4.37. The molecule has 0 bridgehead atoms. The topological polar surface area (TPSA) is 107 Å². The number of nitro benzene ring substituents is 1. The van der Waals surface area contributed by atoms with Gasteiger partial charge in [-0.2, -0.15) is 5.10 Å². The summed E-state index contributed by atoms with van der Waals surface area (Å²) in [6.07, 6.45) is 1.58. The summed E-state index contributed by atoms with van der Waals surface area (Å²) in [5.74, 6) is -0.386. The van der Waals surface area contributed by atoms with Gasteiger partial charge in [0.05, 0.1) is 22.4 Å². The van der Waals surface area contributed by atoms with Crippen molar-refractivity contribution in [2.75, 3.05) is 5.43 Å². The van der Waals surface area contributed by atoms with Gasteiger partial charge in [-0.15, -0.1) is 11.3 Å². The fraction of sp³-hybridized carbons (Fsp3) is 0. The minimum absolute atomic E-state index is 0.0953. The van der Waals surface area contributed by atoms with Crippen molar-refractivity contribution >= 4 is 34.3 Å². The molecule has 0 saturated heterocycles. The lowest BCUT2D eigenvalue weighted by molar-refractivity contribution is -0.384. The summed E-state index contributed by atoms with van der Waals surface area (Å²) in [7, 11) is 0. The zero-order valence-electron chi connectivity index (χ0n) is 16.5. The van der Waals surface area contributed by atoms with Gasteiger partial charge in [0, 0.05) is 23.1 Å². The average molecular weight is 444 g/mol. The van der Waals surface area contributed by atoms with Gasteiger partial charge in [-0.1, -0.05) is 48.5 Å². The number of ether oxygens (including phenoxy) is 1. The highest BCUT2D eigenvalue weighted by Crippen LogP contribution is 2.24. The van der Waals surface area contributed by atoms with Gasteiger partial charge >= 0.3 is 5.97 Å². The van der Waals surface area contributed by atoms with E-state index in [0.29, 0.717) is 16.4 Å². The first-order valence-corrected chi connectivity index (χ1v) is 10.3. The summed E-state index contributed by atoms with van der Waals surface area (Å²) >= 11 is 1.44. The molecular formula is C23H16N4O4S. The molecule has 1 aromatic heterocycles. The molecule has 0 amide bonds. The fourth-order valence-electron chi connectivity index (χ4n) is 2.80. The summed E-state index contributed by atoms with van der Waals surface area (Å²) in [6.45, 7) is 0. The van der Waals surface area contributed by atoms with Crippen LogP contribution in [0.1, 0.15) is 15.9 Å². The molecule has 32 heavy (non-hydrogen) atoms. The largest absolute Gasteiger partial charge is 0.423 e. The Balaban J connectivity index is 1.39. The molecule has 0 aliphatic rings. The number of rotatable bonds is 7. The van der Waals surface area contributed by atoms with Crippen LogP contribution in [0.15, 0.2) is 89.3 Å². The average Bonchev–Trinajstić information content (AvgIpc) is 3.29. The standard InChI is InChI=1S/C23H16N4O4S/c28-22(18-9-5-10-19(13-18)27(29)30)31-20-11-4-6-16(12-20)14-24-26-23-25-21(15-32-23)17-7-2-1-3-8-17/h1-15H,(H,25,26)/b24-14-. The Bertz CT molecular complexity index is 1290. The quantitative estimate of drug-likeness (QED) is 0.135. The van der Waals surface area contributed by atoms with Crippen molar-refractivity contribution < 1.29 is 14.5 Å². The van der Waals surface area contributed by atoms with Gasteiger partial charge in [-0.05, 0) is 23.8 Å². The molecule has 4 aromatic rings. The SMILES string of the molecule is O=C(Oc1cccc(/C=N\Nc2nc(-c3ccccc3)cs2)c1)c1cccc([N+](=O)[O-])c1. The molecule has 3 aromatic carbocycles. The number of thiazole rings is 1. The number of carbonyl (C=O) groups excluding carboxylic acids is 1. The second-order valence-corrected chi connectivity index (χ2v) is 7.40. The molecule has 0 atom stereocenters. The fourth-order valence-corrected chi connectivity index (χ4v) is 3.47. The summed E-state index contributed by atoms with van der Waals surface area (Å²) in [6, 6.07) is 22.0. The van der Waals surface area contributed by atoms with Gasteiger partial charge in [0.15, 0.2) is 0 Å². The number of anilines is 1. The molecule has 158 valence electrons. The predicted octanol–water partition coefficient (Wildman–Crippen LogP) is 5.38. The van der Waals surface area contributed by atoms with Crippen molar-refractivity contribution in [1.82, 2.24) is 4.98 Å². The van der Waals surface area contributed by atoms with E-state index in [0.717, 1.165) is 11.3 Å². The van der Waals surface area contributed by atoms with Crippen LogP contribution in [-0.4, -0.2) is 22.1 Å². The van der Waals surface area contributed by atoms with Crippen LogP contribution in [0.4, 0.5) is 10.8 Å². The van der Waals surface area contributed by atoms with Crippen LogP contribution in [0.25, 0.3) is 11.3 Å². The van der Waals surface area contributed by atoms with E-state index >= 15 is 0 Å². The first-order valence-electron chi connectivity index (χ1n) is 9.45. The van der Waals surface area contributed by atoms with Crippen LogP contribution in [0, 0.1) is 10.1 Å². The number of carbonyl (C=O) groups is 1. The molecule has 8 nitrogen and oxygen atoms in total. The molecule has 0 spiro atoms. The molecule has 0 radical (unpaired) electrons. The van der Waals surface area contributed by atoms with Crippen LogP contribution < -0.4 is 10.2 Å². The van der Waals surface area contributed by atoms with E-state index < -0.39 is 10.9 Å². The van der Waals surface area contributed by atoms with Gasteiger partial charge in [0.25, 0.3) is 5.69 Å². The monoisotopic (exact) mass is 444 g/mol. The lowest BCUT2D eigenvalue weighted by atomic mass is 10.2. The number of aromatic nitrogens is 1. The van der Waals surface area contributed by atoms with Crippen molar-refractivity contribution in [1.29, 1.82) is 0 Å². The van der Waals surface area contributed by atoms with Crippen molar-refractivity contribution in [2.24, 2.45) is 5.10 Å². The van der Waals surface area contributed by atoms with Crippen LogP contribution in [0.2, 0.25) is 0 Å². The molecule has 1 heterocycles. The van der Waals surface area contributed by atoms with E-state index in [9.17, 15) is 14.9 Å². The molecular weight excluding hydrogens is 428 g/mol. The van der Waals surface area contributed by atoms with Crippen LogP contribution >= 0.6 is 11.3 Å². The Morgan fingerprint density at radius 3 is 2.69 bits per heavy atom. The van der Waals surface area contributed by atoms with E-state index in [1.54, 1.807) is 30.5 Å². The summed E-state index contributed by atoms with van der Waals surface area (Å²) in [4.78, 5) is 27.1. The number of hydrazone groups is 1. The minimum atomic E-state index is -0.683. The first kappa shape index (κ1) is 20.9. The maximum absolute atomic E-state index is 12.3. The number of hydrogen-bond donors (Lipinski definition) is 1. The number of nitrogens with one attached hydrogen (secondary N) is 1. The van der Waals surface area contributed by atoms with Crippen LogP contribution in [0.3, 0.4) is 0 Å². The van der Waals surface area contributed by atoms with E-state index in [1.807, 2.05) is 35.7 Å². The molecule has 0 aliphatic carbocycles. The smallest absolute Gasteiger partial charge is 0.343 e. The van der Waals surface area contributed by atoms with Gasteiger partial charge < -0.3 is 4.74 Å². The Labute approximate surface area is 187 Å². The third kappa shape index (κ3) is 5.21. The Morgan fingerprint density at radius 2 is 1.88 bits per heavy atom. The van der Waals surface area contributed by atoms with Gasteiger partial charge in [-0.3, -0.25) is 15.5 Å². The second kappa shape index (κ2) is 9.63. The lowest BCUT2D eigenvalue weighted by Gasteiger charge is -2.05. The summed E-state index contributed by atoms with van der Waals surface area (Å²) in [5.41, 5.74) is 5.40. The molecule has 9 heteroatoms. The zero-order valence-corrected chi connectivity index (χ0v) is 17.4. The first-order chi connectivity index (χ1) is 15.6. The molecule has 4 rings (SSSR count). The van der Waals surface area contributed by atoms with Crippen molar-refractivity contribution in [3.63, 3.8) is 0 Å². The third-order valence-corrected chi connectivity index (χ3v) is 5.06. The molecule has 0 saturated carbocycles. The van der Waals surface area contributed by atoms with Gasteiger partial charge in [0.2, 0.25) is 5.13 Å². The van der Waals surface area contributed by atoms with Crippen LogP contribution in [0.5, 0.6) is 5.75 Å². The lowest BCUT2D eigenvalue weighted by Crippen LogP contribution is -2.09. The van der Waals surface area contributed by atoms with E-state index in [-0.39, 0.29) is 11.3 Å². The van der Waals surface area contributed by atoms with E-state index in [1.165, 1.54) is 35.6 Å². The zero-order chi connectivity index (χ0) is 22.3.